The molecule has 0 radical (unpaired) electrons. The summed E-state index contributed by atoms with van der Waals surface area (Å²) in [6.07, 6.45) is 0. The minimum absolute atomic E-state index is 0.141. The van der Waals surface area contributed by atoms with Gasteiger partial charge in [-0.1, -0.05) is 35.9 Å². The molecule has 1 N–H and O–H groups in total. The molecular formula is C19H18ClF2N3OS. The van der Waals surface area contributed by atoms with Crippen LogP contribution in [0, 0.1) is 0 Å². The van der Waals surface area contributed by atoms with Crippen LogP contribution in [0.5, 0.6) is 0 Å². The first-order valence-electron chi connectivity index (χ1n) is 8.32. The number of amides is 1. The predicted octanol–water partition coefficient (Wildman–Crippen LogP) is 5.20. The summed E-state index contributed by atoms with van der Waals surface area (Å²) in [6.45, 7) is -1.08. The molecule has 1 amide bonds. The molecular weight excluding hydrogens is 392 g/mol. The van der Waals surface area contributed by atoms with Crippen LogP contribution < -0.4 is 5.32 Å². The molecule has 0 aliphatic carbocycles. The van der Waals surface area contributed by atoms with Gasteiger partial charge in [-0.2, -0.15) is 8.78 Å². The molecule has 1 unspecified atom stereocenters. The van der Waals surface area contributed by atoms with Gasteiger partial charge in [0.05, 0.1) is 22.8 Å². The summed E-state index contributed by atoms with van der Waals surface area (Å²) in [5.41, 5.74) is 1.89. The first-order valence-corrected chi connectivity index (χ1v) is 9.85. The quantitative estimate of drug-likeness (QED) is 0.583. The van der Waals surface area contributed by atoms with Gasteiger partial charge >= 0.3 is 6.55 Å². The van der Waals surface area contributed by atoms with E-state index in [0.717, 1.165) is 10.1 Å². The van der Waals surface area contributed by atoms with Gasteiger partial charge in [-0.25, -0.2) is 4.98 Å². The number of rotatable bonds is 7. The average molecular weight is 410 g/mol. The van der Waals surface area contributed by atoms with E-state index >= 15 is 0 Å². The maximum absolute atomic E-state index is 13.5. The zero-order chi connectivity index (χ0) is 19.4. The molecule has 0 spiro atoms. The lowest BCUT2D eigenvalue weighted by Gasteiger charge is -2.15. The molecule has 0 saturated carbocycles. The average Bonchev–Trinajstić information content (AvgIpc) is 3.03. The van der Waals surface area contributed by atoms with Crippen LogP contribution in [-0.4, -0.2) is 21.2 Å². The number of halogens is 3. The van der Waals surface area contributed by atoms with Crippen LogP contribution in [0.15, 0.2) is 48.5 Å². The molecule has 4 nitrogen and oxygen atoms in total. The maximum Gasteiger partial charge on any atom is 0.320 e. The van der Waals surface area contributed by atoms with Crippen molar-refractivity contribution in [2.45, 2.75) is 25.3 Å². The van der Waals surface area contributed by atoms with Crippen LogP contribution in [-0.2, 0) is 10.5 Å². The number of hydrogen-bond donors (Lipinski definition) is 1. The molecule has 1 aromatic heterocycles. The fraction of sp³-hybridized carbons (Fsp3) is 0.263. The zero-order valence-electron chi connectivity index (χ0n) is 14.5. The summed E-state index contributed by atoms with van der Waals surface area (Å²) < 4.78 is 27.9. The molecule has 1 atom stereocenters. The first-order chi connectivity index (χ1) is 13.0. The molecule has 3 rings (SSSR count). The standard InChI is InChI=1S/C19H18ClF2N3OS/c1-12(18-24-15-4-2-3-5-16(15)25(18)19(21)22)23-17(26)11-27-10-13-6-8-14(20)9-7-13/h2-9,12,19H,10-11H2,1H3,(H,23,26). The lowest BCUT2D eigenvalue weighted by molar-refractivity contribution is -0.119. The smallest absolute Gasteiger partial charge is 0.320 e. The van der Waals surface area contributed by atoms with Gasteiger partial charge in [0.25, 0.3) is 0 Å². The Morgan fingerprint density at radius 2 is 1.93 bits per heavy atom. The third kappa shape index (κ3) is 4.78. The van der Waals surface area contributed by atoms with Gasteiger partial charge in [0.1, 0.15) is 5.82 Å². The largest absolute Gasteiger partial charge is 0.346 e. The highest BCUT2D eigenvalue weighted by molar-refractivity contribution is 7.99. The molecule has 8 heteroatoms. The second-order valence-electron chi connectivity index (χ2n) is 6.01. The number of alkyl halides is 2. The molecule has 3 aromatic rings. The number of fused-ring (bicyclic) bond motifs is 1. The molecule has 27 heavy (non-hydrogen) atoms. The molecule has 0 fully saturated rings. The number of thioether (sulfide) groups is 1. The summed E-state index contributed by atoms with van der Waals surface area (Å²) in [5.74, 6) is 0.799. The fourth-order valence-electron chi connectivity index (χ4n) is 2.76. The molecule has 0 aliphatic heterocycles. The Hall–Kier alpha value is -2.12. The monoisotopic (exact) mass is 409 g/mol. The van der Waals surface area contributed by atoms with Gasteiger partial charge in [-0.05, 0) is 36.8 Å². The van der Waals surface area contributed by atoms with Gasteiger partial charge in [0, 0.05) is 10.8 Å². The number of imidazole rings is 1. The second-order valence-corrected chi connectivity index (χ2v) is 7.44. The fourth-order valence-corrected chi connectivity index (χ4v) is 3.69. The van der Waals surface area contributed by atoms with Crippen LogP contribution in [0.4, 0.5) is 8.78 Å². The van der Waals surface area contributed by atoms with Crippen molar-refractivity contribution in [3.63, 3.8) is 0 Å². The summed E-state index contributed by atoms with van der Waals surface area (Å²) in [6, 6.07) is 13.5. The second kappa shape index (κ2) is 8.71. The van der Waals surface area contributed by atoms with Crippen molar-refractivity contribution in [2.24, 2.45) is 0 Å². The lowest BCUT2D eigenvalue weighted by Crippen LogP contribution is -2.30. The minimum Gasteiger partial charge on any atom is -0.346 e. The number of para-hydroxylation sites is 2. The van der Waals surface area contributed by atoms with E-state index in [1.54, 1.807) is 43.3 Å². The van der Waals surface area contributed by atoms with Crippen LogP contribution in [0.2, 0.25) is 5.02 Å². The number of nitrogens with one attached hydrogen (secondary N) is 1. The van der Waals surface area contributed by atoms with Gasteiger partial charge in [-0.3, -0.25) is 9.36 Å². The van der Waals surface area contributed by atoms with Gasteiger partial charge in [0.2, 0.25) is 5.91 Å². The Labute approximate surface area is 164 Å². The molecule has 0 saturated heterocycles. The lowest BCUT2D eigenvalue weighted by atomic mass is 10.2. The highest BCUT2D eigenvalue weighted by atomic mass is 35.5. The summed E-state index contributed by atoms with van der Waals surface area (Å²) >= 11 is 7.29. The maximum atomic E-state index is 13.5. The number of carbonyl (C=O) groups excluding carboxylic acids is 1. The van der Waals surface area contributed by atoms with E-state index < -0.39 is 12.6 Å². The molecule has 2 aromatic carbocycles. The third-order valence-corrected chi connectivity index (χ3v) is 5.25. The minimum atomic E-state index is -2.73. The molecule has 142 valence electrons. The van der Waals surface area contributed by atoms with Gasteiger partial charge in [0.15, 0.2) is 0 Å². The molecule has 0 bridgehead atoms. The van der Waals surface area contributed by atoms with E-state index in [9.17, 15) is 13.6 Å². The van der Waals surface area contributed by atoms with E-state index in [0.29, 0.717) is 21.8 Å². The van der Waals surface area contributed by atoms with Crippen molar-refractivity contribution in [1.82, 2.24) is 14.9 Å². The zero-order valence-corrected chi connectivity index (χ0v) is 16.1. The Balaban J connectivity index is 1.62. The predicted molar refractivity (Wildman–Crippen MR) is 105 cm³/mol. The van der Waals surface area contributed by atoms with Gasteiger partial charge < -0.3 is 5.32 Å². The number of aromatic nitrogens is 2. The Bertz CT molecular complexity index is 930. The van der Waals surface area contributed by atoms with Crippen LogP contribution in [0.1, 0.15) is 30.9 Å². The van der Waals surface area contributed by atoms with E-state index in [-0.39, 0.29) is 17.5 Å². The molecule has 0 aliphatic rings. The molecule has 1 heterocycles. The van der Waals surface area contributed by atoms with E-state index in [1.807, 2.05) is 12.1 Å². The highest BCUT2D eigenvalue weighted by Gasteiger charge is 2.22. The third-order valence-electron chi connectivity index (χ3n) is 4.00. The number of nitrogens with zero attached hydrogens (tertiary/aromatic N) is 2. The normalized spacial score (nSPS) is 12.5. The van der Waals surface area contributed by atoms with Crippen molar-refractivity contribution in [1.29, 1.82) is 0 Å². The van der Waals surface area contributed by atoms with Crippen molar-refractivity contribution in [2.75, 3.05) is 5.75 Å². The van der Waals surface area contributed by atoms with Crippen molar-refractivity contribution < 1.29 is 13.6 Å². The topological polar surface area (TPSA) is 46.9 Å². The SMILES string of the molecule is CC(NC(=O)CSCc1ccc(Cl)cc1)c1nc2ccccc2n1C(F)F. The Morgan fingerprint density at radius 3 is 2.63 bits per heavy atom. The van der Waals surface area contributed by atoms with E-state index in [2.05, 4.69) is 10.3 Å². The summed E-state index contributed by atoms with van der Waals surface area (Å²) in [4.78, 5) is 16.5. The van der Waals surface area contributed by atoms with Gasteiger partial charge in [-0.15, -0.1) is 11.8 Å². The number of hydrogen-bond acceptors (Lipinski definition) is 3. The Kier molecular flexibility index (Phi) is 6.34. The summed E-state index contributed by atoms with van der Waals surface area (Å²) in [5, 5.41) is 3.41. The van der Waals surface area contributed by atoms with Crippen LogP contribution in [0.3, 0.4) is 0 Å². The Morgan fingerprint density at radius 1 is 1.22 bits per heavy atom. The van der Waals surface area contributed by atoms with E-state index in [1.165, 1.54) is 11.8 Å². The van der Waals surface area contributed by atoms with Crippen LogP contribution in [0.25, 0.3) is 11.0 Å². The van der Waals surface area contributed by atoms with Crippen molar-refractivity contribution >= 4 is 40.3 Å². The number of benzene rings is 2. The van der Waals surface area contributed by atoms with E-state index in [4.69, 9.17) is 11.6 Å². The van der Waals surface area contributed by atoms with Crippen LogP contribution >= 0.6 is 23.4 Å². The number of carbonyl (C=O) groups is 1. The highest BCUT2D eigenvalue weighted by Crippen LogP contribution is 2.26. The summed E-state index contributed by atoms with van der Waals surface area (Å²) in [7, 11) is 0. The van der Waals surface area contributed by atoms with Crippen molar-refractivity contribution in [3.8, 4) is 0 Å². The first kappa shape index (κ1) is 19.6. The van der Waals surface area contributed by atoms with Crippen molar-refractivity contribution in [3.05, 3.63) is 64.9 Å².